The van der Waals surface area contributed by atoms with Gasteiger partial charge in [0.05, 0.1) is 5.41 Å². The highest BCUT2D eigenvalue weighted by atomic mass is 16.1. The lowest BCUT2D eigenvalue weighted by molar-refractivity contribution is -0.134. The van der Waals surface area contributed by atoms with E-state index in [1.165, 1.54) is 11.1 Å². The van der Waals surface area contributed by atoms with Crippen LogP contribution in [0.5, 0.6) is 0 Å². The molecule has 4 heteroatoms. The second-order valence-corrected chi connectivity index (χ2v) is 13.0. The minimum atomic E-state index is -1.05. The van der Waals surface area contributed by atoms with Crippen molar-refractivity contribution in [1.29, 1.82) is 0 Å². The molecule has 0 unspecified atom stereocenters. The van der Waals surface area contributed by atoms with Gasteiger partial charge in [0.1, 0.15) is 5.54 Å². The number of rotatable bonds is 2. The van der Waals surface area contributed by atoms with Crippen LogP contribution in [0.4, 0.5) is 0 Å². The van der Waals surface area contributed by atoms with E-state index < -0.39 is 11.0 Å². The van der Waals surface area contributed by atoms with E-state index in [1.807, 2.05) is 24.3 Å². The molecule has 4 aliphatic rings. The molecule has 2 spiro atoms. The predicted molar refractivity (Wildman–Crippen MR) is 168 cm³/mol. The van der Waals surface area contributed by atoms with Gasteiger partial charge in [-0.25, -0.2) is 0 Å². The van der Waals surface area contributed by atoms with Gasteiger partial charge in [-0.1, -0.05) is 84.9 Å². The molecule has 4 aromatic carbocycles. The lowest BCUT2D eigenvalue weighted by Gasteiger charge is -2.52. The SMILES string of the molecule is Cc1ccccc1/C=C1\CN(C)C[C@@]2(C1=O)[C@@H](c1ccccc1C)[C@H]1CCCN1[C@@]21C(=O)c2cccc3cccc1c23. The van der Waals surface area contributed by atoms with Gasteiger partial charge in [-0.3, -0.25) is 14.5 Å². The number of hydrogen-bond donors (Lipinski definition) is 0. The number of piperidine rings is 1. The molecule has 210 valence electrons. The van der Waals surface area contributed by atoms with Crippen LogP contribution < -0.4 is 0 Å². The fourth-order valence-corrected chi connectivity index (χ4v) is 9.42. The van der Waals surface area contributed by atoms with Crippen LogP contribution in [0.1, 0.15) is 56.9 Å². The number of Topliss-reactive ketones (excluding diaryl/α,β-unsaturated/α-hetero) is 2. The molecule has 4 aromatic rings. The molecule has 3 saturated heterocycles. The van der Waals surface area contributed by atoms with Gasteiger partial charge < -0.3 is 4.90 Å². The summed E-state index contributed by atoms with van der Waals surface area (Å²) in [6, 6.07) is 29.4. The molecule has 3 aliphatic heterocycles. The van der Waals surface area contributed by atoms with Gasteiger partial charge >= 0.3 is 0 Å². The number of fused-ring (bicyclic) bond motifs is 4. The first-order chi connectivity index (χ1) is 20.4. The van der Waals surface area contributed by atoms with Crippen LogP contribution in [0.3, 0.4) is 0 Å². The fourth-order valence-electron chi connectivity index (χ4n) is 9.42. The molecule has 0 amide bonds. The molecule has 0 aromatic heterocycles. The zero-order valence-electron chi connectivity index (χ0n) is 24.6. The van der Waals surface area contributed by atoms with Crippen molar-refractivity contribution in [3.63, 3.8) is 0 Å². The number of ketones is 2. The molecule has 0 radical (unpaired) electrons. The molecule has 8 rings (SSSR count). The number of likely N-dealkylation sites (N-methyl/N-ethyl adjacent to an activating group) is 1. The summed E-state index contributed by atoms with van der Waals surface area (Å²) in [5, 5.41) is 2.11. The van der Waals surface area contributed by atoms with E-state index in [0.29, 0.717) is 13.1 Å². The normalized spacial score (nSPS) is 29.9. The van der Waals surface area contributed by atoms with Gasteiger partial charge in [0.2, 0.25) is 0 Å². The van der Waals surface area contributed by atoms with Crippen molar-refractivity contribution < 1.29 is 9.59 Å². The van der Waals surface area contributed by atoms with Gasteiger partial charge in [0, 0.05) is 36.2 Å². The van der Waals surface area contributed by atoms with E-state index >= 15 is 9.59 Å². The van der Waals surface area contributed by atoms with E-state index in [4.69, 9.17) is 0 Å². The number of benzene rings is 4. The molecule has 0 bridgehead atoms. The van der Waals surface area contributed by atoms with Crippen molar-refractivity contribution >= 4 is 28.4 Å². The molecule has 0 N–H and O–H groups in total. The third-order valence-corrected chi connectivity index (χ3v) is 10.9. The Morgan fingerprint density at radius 2 is 1.57 bits per heavy atom. The standard InChI is InChI=1S/C38H36N2O2/c1-24-11-4-6-13-27(24)21-28-22-39(3)23-37(35(28)41)34(29-16-7-5-12-25(29)2)32-19-10-20-40(32)38(37)31-18-9-15-26-14-8-17-30(33(26)31)36(38)42/h4-9,11-18,21,32,34H,10,19-20,22-23H2,1-3H3/b28-21+/t32-,34+,37+,38+/m1/s1. The number of likely N-dealkylation sites (tertiary alicyclic amines) is 1. The Morgan fingerprint density at radius 3 is 2.36 bits per heavy atom. The maximum Gasteiger partial charge on any atom is 0.189 e. The molecule has 3 fully saturated rings. The fraction of sp³-hybridized carbons (Fsp3) is 0.316. The summed E-state index contributed by atoms with van der Waals surface area (Å²) >= 11 is 0. The van der Waals surface area contributed by atoms with Gasteiger partial charge in [0.15, 0.2) is 11.6 Å². The Labute approximate surface area is 247 Å². The second-order valence-electron chi connectivity index (χ2n) is 13.0. The average Bonchev–Trinajstić information content (AvgIpc) is 3.62. The first-order valence-corrected chi connectivity index (χ1v) is 15.3. The van der Waals surface area contributed by atoms with E-state index in [0.717, 1.165) is 58.0 Å². The largest absolute Gasteiger partial charge is 0.301 e. The van der Waals surface area contributed by atoms with Crippen LogP contribution >= 0.6 is 0 Å². The molecule has 4 nitrogen and oxygen atoms in total. The van der Waals surface area contributed by atoms with Crippen LogP contribution in [0.15, 0.2) is 90.5 Å². The number of nitrogens with zero attached hydrogens (tertiary/aromatic N) is 2. The molecule has 1 aliphatic carbocycles. The number of carbonyl (C=O) groups excluding carboxylic acids is 2. The highest BCUT2D eigenvalue weighted by molar-refractivity contribution is 6.24. The summed E-state index contributed by atoms with van der Waals surface area (Å²) in [5.41, 5.74) is 5.18. The second kappa shape index (κ2) is 9.07. The highest BCUT2D eigenvalue weighted by Crippen LogP contribution is 2.69. The third-order valence-electron chi connectivity index (χ3n) is 10.9. The van der Waals surface area contributed by atoms with Gasteiger partial charge in [-0.05, 0) is 84.9 Å². The van der Waals surface area contributed by atoms with Crippen molar-refractivity contribution in [3.05, 3.63) is 124 Å². The first-order valence-electron chi connectivity index (χ1n) is 15.3. The van der Waals surface area contributed by atoms with E-state index in [2.05, 4.69) is 97.4 Å². The molecule has 3 heterocycles. The third kappa shape index (κ3) is 3.09. The molecule has 42 heavy (non-hydrogen) atoms. The summed E-state index contributed by atoms with van der Waals surface area (Å²) in [7, 11) is 2.12. The summed E-state index contributed by atoms with van der Waals surface area (Å²) in [4.78, 5) is 35.8. The van der Waals surface area contributed by atoms with Gasteiger partial charge in [-0.2, -0.15) is 0 Å². The molecular weight excluding hydrogens is 516 g/mol. The highest BCUT2D eigenvalue weighted by Gasteiger charge is 2.78. The Kier molecular flexibility index (Phi) is 5.57. The minimum absolute atomic E-state index is 0.106. The van der Waals surface area contributed by atoms with E-state index in [9.17, 15) is 0 Å². The van der Waals surface area contributed by atoms with Crippen LogP contribution in [0.25, 0.3) is 16.8 Å². The van der Waals surface area contributed by atoms with Crippen molar-refractivity contribution in [2.75, 3.05) is 26.7 Å². The first kappa shape index (κ1) is 25.8. The summed E-state index contributed by atoms with van der Waals surface area (Å²) in [6.07, 6.45) is 4.12. The van der Waals surface area contributed by atoms with Crippen molar-refractivity contribution in [2.24, 2.45) is 5.41 Å². The molecular formula is C38H36N2O2. The smallest absolute Gasteiger partial charge is 0.189 e. The number of hydrogen-bond acceptors (Lipinski definition) is 4. The number of aryl methyl sites for hydroxylation is 2. The van der Waals surface area contributed by atoms with Crippen LogP contribution in [0, 0.1) is 19.3 Å². The predicted octanol–water partition coefficient (Wildman–Crippen LogP) is 6.69. The quantitative estimate of drug-likeness (QED) is 0.260. The van der Waals surface area contributed by atoms with Gasteiger partial charge in [0.25, 0.3) is 0 Å². The zero-order valence-corrected chi connectivity index (χ0v) is 24.6. The summed E-state index contributed by atoms with van der Waals surface area (Å²) < 4.78 is 0. The number of carbonyl (C=O) groups is 2. The van der Waals surface area contributed by atoms with Crippen LogP contribution in [0.2, 0.25) is 0 Å². The minimum Gasteiger partial charge on any atom is -0.301 e. The Balaban J connectivity index is 1.48. The molecule has 4 atom stereocenters. The molecule has 0 saturated carbocycles. The summed E-state index contributed by atoms with van der Waals surface area (Å²) in [6.45, 7) is 6.19. The zero-order chi connectivity index (χ0) is 28.8. The monoisotopic (exact) mass is 552 g/mol. The Hall–Kier alpha value is -3.86. The van der Waals surface area contributed by atoms with Crippen LogP contribution in [-0.2, 0) is 10.3 Å². The van der Waals surface area contributed by atoms with Crippen molar-refractivity contribution in [3.8, 4) is 0 Å². The lowest BCUT2D eigenvalue weighted by Crippen LogP contribution is -2.65. The topological polar surface area (TPSA) is 40.6 Å². The van der Waals surface area contributed by atoms with E-state index in [1.54, 1.807) is 0 Å². The van der Waals surface area contributed by atoms with E-state index in [-0.39, 0.29) is 23.5 Å². The van der Waals surface area contributed by atoms with Gasteiger partial charge in [-0.15, -0.1) is 0 Å². The maximum absolute atomic E-state index is 15.6. The maximum atomic E-state index is 15.6. The Morgan fingerprint density at radius 1 is 0.833 bits per heavy atom. The van der Waals surface area contributed by atoms with Crippen molar-refractivity contribution in [2.45, 2.75) is 44.2 Å². The lowest BCUT2D eigenvalue weighted by atomic mass is 9.54. The Bertz CT molecular complexity index is 1830. The van der Waals surface area contributed by atoms with Crippen LogP contribution in [-0.4, -0.2) is 54.1 Å². The average molecular weight is 553 g/mol. The summed E-state index contributed by atoms with van der Waals surface area (Å²) in [5.74, 6) is 0.145. The van der Waals surface area contributed by atoms with Crippen molar-refractivity contribution in [1.82, 2.24) is 9.80 Å².